The molecule has 2 aromatic carbocycles. The van der Waals surface area contributed by atoms with Gasteiger partial charge in [-0.25, -0.2) is 4.39 Å². The molecule has 21 heavy (non-hydrogen) atoms. The van der Waals surface area contributed by atoms with E-state index in [9.17, 15) is 9.18 Å². The van der Waals surface area contributed by atoms with E-state index < -0.39 is 11.7 Å². The number of nitrogens with zero attached hydrogens (tertiary/aromatic N) is 1. The number of rotatable bonds is 2. The largest absolute Gasteiger partial charge is 0.399 e. The van der Waals surface area contributed by atoms with Gasteiger partial charge in [-0.2, -0.15) is 5.10 Å². The second-order valence-corrected chi connectivity index (χ2v) is 4.86. The SMILES string of the molecule is Nc1ccc2[nH]nc(C(=O)Nc3cc(F)ccc3Cl)c2c1. The van der Waals surface area contributed by atoms with Gasteiger partial charge < -0.3 is 11.1 Å². The van der Waals surface area contributed by atoms with Crippen molar-refractivity contribution in [1.82, 2.24) is 10.2 Å². The summed E-state index contributed by atoms with van der Waals surface area (Å²) in [5, 5.41) is 10.0. The molecule has 0 aliphatic carbocycles. The zero-order chi connectivity index (χ0) is 15.0. The molecular formula is C14H10ClFN4O. The predicted octanol–water partition coefficient (Wildman–Crippen LogP) is 3.19. The number of nitrogens with one attached hydrogen (secondary N) is 2. The van der Waals surface area contributed by atoms with Gasteiger partial charge in [-0.05, 0) is 36.4 Å². The van der Waals surface area contributed by atoms with Crippen LogP contribution >= 0.6 is 11.6 Å². The summed E-state index contributed by atoms with van der Waals surface area (Å²) in [6.07, 6.45) is 0. The number of hydrogen-bond donors (Lipinski definition) is 3. The maximum Gasteiger partial charge on any atom is 0.276 e. The second-order valence-electron chi connectivity index (χ2n) is 4.46. The van der Waals surface area contributed by atoms with Gasteiger partial charge in [0.05, 0.1) is 16.2 Å². The summed E-state index contributed by atoms with van der Waals surface area (Å²) in [6, 6.07) is 8.79. The first-order chi connectivity index (χ1) is 10.0. The molecule has 0 fully saturated rings. The lowest BCUT2D eigenvalue weighted by atomic mass is 10.2. The van der Waals surface area contributed by atoms with Crippen molar-refractivity contribution in [3.05, 3.63) is 52.9 Å². The van der Waals surface area contributed by atoms with Crippen molar-refractivity contribution in [2.24, 2.45) is 0 Å². The molecule has 0 spiro atoms. The number of hydrogen-bond acceptors (Lipinski definition) is 3. The zero-order valence-corrected chi connectivity index (χ0v) is 11.4. The number of fused-ring (bicyclic) bond motifs is 1. The highest BCUT2D eigenvalue weighted by Crippen LogP contribution is 2.24. The van der Waals surface area contributed by atoms with Crippen molar-refractivity contribution in [1.29, 1.82) is 0 Å². The molecule has 5 nitrogen and oxygen atoms in total. The molecule has 0 radical (unpaired) electrons. The number of benzene rings is 2. The number of amides is 1. The Kier molecular flexibility index (Phi) is 3.23. The molecule has 1 aromatic heterocycles. The molecule has 3 aromatic rings. The molecule has 0 bridgehead atoms. The second kappa shape index (κ2) is 5.06. The Bertz CT molecular complexity index is 846. The lowest BCUT2D eigenvalue weighted by Gasteiger charge is -2.06. The highest BCUT2D eigenvalue weighted by atomic mass is 35.5. The smallest absolute Gasteiger partial charge is 0.276 e. The normalized spacial score (nSPS) is 10.8. The third-order valence-corrected chi connectivity index (χ3v) is 3.31. The van der Waals surface area contributed by atoms with E-state index in [1.54, 1.807) is 18.2 Å². The number of nitrogens with two attached hydrogens (primary N) is 1. The minimum Gasteiger partial charge on any atom is -0.399 e. The third kappa shape index (κ3) is 2.53. The molecule has 0 saturated heterocycles. The molecule has 1 amide bonds. The van der Waals surface area contributed by atoms with E-state index in [4.69, 9.17) is 17.3 Å². The average Bonchev–Trinajstić information content (AvgIpc) is 2.85. The fraction of sp³-hybridized carbons (Fsp3) is 0. The van der Waals surface area contributed by atoms with Crippen LogP contribution in [0.2, 0.25) is 5.02 Å². The number of anilines is 2. The van der Waals surface area contributed by atoms with Crippen LogP contribution in [0, 0.1) is 5.82 Å². The van der Waals surface area contributed by atoms with Gasteiger partial charge in [0.2, 0.25) is 0 Å². The quantitative estimate of drug-likeness (QED) is 0.636. The van der Waals surface area contributed by atoms with Crippen LogP contribution in [-0.2, 0) is 0 Å². The van der Waals surface area contributed by atoms with Crippen LogP contribution in [0.4, 0.5) is 15.8 Å². The molecule has 4 N–H and O–H groups in total. The molecule has 1 heterocycles. The summed E-state index contributed by atoms with van der Waals surface area (Å²) in [7, 11) is 0. The summed E-state index contributed by atoms with van der Waals surface area (Å²) in [6.45, 7) is 0. The van der Waals surface area contributed by atoms with Crippen LogP contribution in [0.25, 0.3) is 10.9 Å². The predicted molar refractivity (Wildman–Crippen MR) is 79.9 cm³/mol. The van der Waals surface area contributed by atoms with Gasteiger partial charge >= 0.3 is 0 Å². The van der Waals surface area contributed by atoms with E-state index in [1.807, 2.05) is 0 Å². The van der Waals surface area contributed by atoms with E-state index in [1.165, 1.54) is 12.1 Å². The van der Waals surface area contributed by atoms with Crippen molar-refractivity contribution < 1.29 is 9.18 Å². The van der Waals surface area contributed by atoms with E-state index in [-0.39, 0.29) is 16.4 Å². The summed E-state index contributed by atoms with van der Waals surface area (Å²) < 4.78 is 13.2. The summed E-state index contributed by atoms with van der Waals surface area (Å²) in [5.74, 6) is -0.995. The molecular weight excluding hydrogens is 295 g/mol. The molecule has 3 rings (SSSR count). The average molecular weight is 305 g/mol. The van der Waals surface area contributed by atoms with Crippen LogP contribution in [0.3, 0.4) is 0 Å². The number of aromatic amines is 1. The van der Waals surface area contributed by atoms with Crippen molar-refractivity contribution >= 4 is 39.8 Å². The molecule has 0 aliphatic rings. The van der Waals surface area contributed by atoms with E-state index >= 15 is 0 Å². The topological polar surface area (TPSA) is 83.8 Å². The van der Waals surface area contributed by atoms with Crippen LogP contribution < -0.4 is 11.1 Å². The Morgan fingerprint density at radius 3 is 2.90 bits per heavy atom. The number of H-pyrrole nitrogens is 1. The number of carbonyl (C=O) groups is 1. The van der Waals surface area contributed by atoms with Crippen molar-refractivity contribution in [3.8, 4) is 0 Å². The van der Waals surface area contributed by atoms with Crippen LogP contribution in [0.15, 0.2) is 36.4 Å². The Labute approximate surface area is 123 Å². The highest BCUT2D eigenvalue weighted by Gasteiger charge is 2.16. The molecule has 106 valence electrons. The Morgan fingerprint density at radius 2 is 2.10 bits per heavy atom. The van der Waals surface area contributed by atoms with Gasteiger partial charge in [0, 0.05) is 11.1 Å². The van der Waals surface area contributed by atoms with Crippen molar-refractivity contribution in [2.45, 2.75) is 0 Å². The van der Waals surface area contributed by atoms with Gasteiger partial charge in [0.25, 0.3) is 5.91 Å². The van der Waals surface area contributed by atoms with Gasteiger partial charge in [-0.3, -0.25) is 9.89 Å². The first-order valence-electron chi connectivity index (χ1n) is 6.04. The van der Waals surface area contributed by atoms with E-state index in [0.717, 1.165) is 6.07 Å². The first-order valence-corrected chi connectivity index (χ1v) is 6.42. The standard InChI is InChI=1S/C14H10ClFN4O/c15-10-3-1-7(16)5-12(10)18-14(21)13-9-6-8(17)2-4-11(9)19-20-13/h1-6H,17H2,(H,18,21)(H,19,20). The van der Waals surface area contributed by atoms with E-state index in [2.05, 4.69) is 15.5 Å². The first kappa shape index (κ1) is 13.4. The van der Waals surface area contributed by atoms with E-state index in [0.29, 0.717) is 16.6 Å². The summed E-state index contributed by atoms with van der Waals surface area (Å²) in [5.41, 5.74) is 7.25. The van der Waals surface area contributed by atoms with Crippen LogP contribution in [-0.4, -0.2) is 16.1 Å². The number of aromatic nitrogens is 2. The lowest BCUT2D eigenvalue weighted by Crippen LogP contribution is -2.13. The maximum absolute atomic E-state index is 13.2. The summed E-state index contributed by atoms with van der Waals surface area (Å²) >= 11 is 5.92. The Balaban J connectivity index is 1.97. The molecule has 0 atom stereocenters. The van der Waals surface area contributed by atoms with Gasteiger partial charge in [0.15, 0.2) is 5.69 Å². The molecule has 7 heteroatoms. The highest BCUT2D eigenvalue weighted by molar-refractivity contribution is 6.34. The minimum atomic E-state index is -0.501. The van der Waals surface area contributed by atoms with Crippen molar-refractivity contribution in [3.63, 3.8) is 0 Å². The Hall–Kier alpha value is -2.60. The fourth-order valence-corrected chi connectivity index (χ4v) is 2.14. The zero-order valence-electron chi connectivity index (χ0n) is 10.7. The van der Waals surface area contributed by atoms with Crippen LogP contribution in [0.5, 0.6) is 0 Å². The summed E-state index contributed by atoms with van der Waals surface area (Å²) in [4.78, 5) is 12.2. The molecule has 0 unspecified atom stereocenters. The number of halogens is 2. The van der Waals surface area contributed by atoms with Crippen molar-refractivity contribution in [2.75, 3.05) is 11.1 Å². The maximum atomic E-state index is 13.2. The number of carbonyl (C=O) groups excluding carboxylic acids is 1. The Morgan fingerprint density at radius 1 is 1.29 bits per heavy atom. The van der Waals surface area contributed by atoms with Gasteiger partial charge in [0.1, 0.15) is 5.82 Å². The van der Waals surface area contributed by atoms with Gasteiger partial charge in [-0.15, -0.1) is 0 Å². The number of nitrogen functional groups attached to an aromatic ring is 1. The minimum absolute atomic E-state index is 0.164. The monoisotopic (exact) mass is 304 g/mol. The third-order valence-electron chi connectivity index (χ3n) is 2.98. The lowest BCUT2D eigenvalue weighted by molar-refractivity contribution is 0.102. The van der Waals surface area contributed by atoms with Crippen LogP contribution in [0.1, 0.15) is 10.5 Å². The molecule has 0 aliphatic heterocycles. The van der Waals surface area contributed by atoms with Gasteiger partial charge in [-0.1, -0.05) is 11.6 Å². The molecule has 0 saturated carbocycles. The fourth-order valence-electron chi connectivity index (χ4n) is 1.98.